The maximum Gasteiger partial charge on any atom is 0.178 e. The Labute approximate surface area is 99.2 Å². The minimum absolute atomic E-state index is 0.0180. The topological polar surface area (TPSA) is 34.4 Å². The first-order chi connectivity index (χ1) is 6.59. The van der Waals surface area contributed by atoms with Crippen LogP contribution in [0.15, 0.2) is 18.5 Å². The third-order valence-electron chi connectivity index (χ3n) is 1.89. The monoisotopic (exact) mass is 320 g/mol. The van der Waals surface area contributed by atoms with Crippen LogP contribution in [0.1, 0.15) is 17.4 Å². The van der Waals surface area contributed by atoms with Gasteiger partial charge in [-0.05, 0) is 28.7 Å². The Balaban J connectivity index is 2.85. The van der Waals surface area contributed by atoms with Crippen molar-refractivity contribution in [2.45, 2.75) is 6.92 Å². The zero-order valence-electron chi connectivity index (χ0n) is 7.29. The molecule has 0 radical (unpaired) electrons. The van der Waals surface area contributed by atoms with Crippen molar-refractivity contribution >= 4 is 45.6 Å². The molecule has 2 aromatic heterocycles. The molecule has 0 unspecified atom stereocenters. The van der Waals surface area contributed by atoms with E-state index in [1.54, 1.807) is 16.8 Å². The van der Waals surface area contributed by atoms with E-state index in [1.807, 2.05) is 6.07 Å². The van der Waals surface area contributed by atoms with Gasteiger partial charge in [0.1, 0.15) is 5.69 Å². The van der Waals surface area contributed by atoms with E-state index < -0.39 is 0 Å². The molecule has 72 valence electrons. The van der Waals surface area contributed by atoms with Gasteiger partial charge in [0.05, 0.1) is 14.8 Å². The molecule has 0 N–H and O–H groups in total. The van der Waals surface area contributed by atoms with Crippen molar-refractivity contribution in [1.82, 2.24) is 9.38 Å². The van der Waals surface area contributed by atoms with Crippen molar-refractivity contribution in [1.29, 1.82) is 0 Å². The number of halogens is 2. The summed E-state index contributed by atoms with van der Waals surface area (Å²) in [5, 5.41) is 0.599. The normalized spacial score (nSPS) is 10.8. The second kappa shape index (κ2) is 3.51. The van der Waals surface area contributed by atoms with Gasteiger partial charge in [0.25, 0.3) is 0 Å². The fourth-order valence-electron chi connectivity index (χ4n) is 1.27. The van der Waals surface area contributed by atoms with Gasteiger partial charge in [0.15, 0.2) is 11.4 Å². The first kappa shape index (κ1) is 9.92. The highest BCUT2D eigenvalue weighted by atomic mass is 127. The Morgan fingerprint density at radius 3 is 3.00 bits per heavy atom. The number of ketones is 1. The molecule has 14 heavy (non-hydrogen) atoms. The van der Waals surface area contributed by atoms with Gasteiger partial charge in [-0.3, -0.25) is 9.20 Å². The molecule has 0 atom stereocenters. The van der Waals surface area contributed by atoms with Gasteiger partial charge in [0, 0.05) is 13.1 Å². The zero-order chi connectivity index (χ0) is 10.3. The Bertz CT molecular complexity index is 521. The number of Topliss-reactive ketones (excluding diaryl/α,β-unsaturated/α-hetero) is 1. The number of aromatic nitrogens is 2. The molecule has 0 aromatic carbocycles. The summed E-state index contributed by atoms with van der Waals surface area (Å²) in [5.74, 6) is -0.0180. The number of rotatable bonds is 1. The average molecular weight is 321 g/mol. The molecule has 2 aromatic rings. The van der Waals surface area contributed by atoms with E-state index in [2.05, 4.69) is 27.6 Å². The predicted octanol–water partition coefficient (Wildman–Crippen LogP) is 2.79. The number of hydrogen-bond acceptors (Lipinski definition) is 2. The number of pyridine rings is 1. The molecule has 0 bridgehead atoms. The zero-order valence-corrected chi connectivity index (χ0v) is 10.2. The summed E-state index contributed by atoms with van der Waals surface area (Å²) >= 11 is 8.03. The van der Waals surface area contributed by atoms with Crippen LogP contribution in [0, 0.1) is 3.57 Å². The van der Waals surface area contributed by atoms with Crippen LogP contribution >= 0.6 is 34.2 Å². The number of carbonyl (C=O) groups excluding carboxylic acids is 1. The molecular weight excluding hydrogens is 314 g/mol. The number of nitrogens with zero attached hydrogens (tertiary/aromatic N) is 2. The van der Waals surface area contributed by atoms with Crippen molar-refractivity contribution in [2.75, 3.05) is 0 Å². The average Bonchev–Trinajstić information content (AvgIpc) is 2.47. The summed E-state index contributed by atoms with van der Waals surface area (Å²) in [6, 6.07) is 1.81. The summed E-state index contributed by atoms with van der Waals surface area (Å²) in [5.41, 5.74) is 1.32. The number of imidazole rings is 1. The lowest BCUT2D eigenvalue weighted by atomic mass is 10.3. The third kappa shape index (κ3) is 1.52. The van der Waals surface area contributed by atoms with Gasteiger partial charge < -0.3 is 0 Å². The van der Waals surface area contributed by atoms with Crippen LogP contribution < -0.4 is 0 Å². The van der Waals surface area contributed by atoms with Crippen LogP contribution in [0.2, 0.25) is 5.02 Å². The molecule has 0 spiro atoms. The van der Waals surface area contributed by atoms with Crippen molar-refractivity contribution in [3.05, 3.63) is 32.7 Å². The van der Waals surface area contributed by atoms with E-state index >= 15 is 0 Å². The largest absolute Gasteiger partial charge is 0.295 e. The quantitative estimate of drug-likeness (QED) is 0.598. The lowest BCUT2D eigenvalue weighted by molar-refractivity contribution is 0.101. The van der Waals surface area contributed by atoms with Crippen LogP contribution in [0.5, 0.6) is 0 Å². The summed E-state index contributed by atoms with van der Waals surface area (Å²) in [6.07, 6.45) is 3.26. The van der Waals surface area contributed by atoms with Crippen molar-refractivity contribution in [3.63, 3.8) is 0 Å². The van der Waals surface area contributed by atoms with Crippen LogP contribution in [0.4, 0.5) is 0 Å². The highest BCUT2D eigenvalue weighted by Gasteiger charge is 2.10. The maximum absolute atomic E-state index is 11.2. The highest BCUT2D eigenvalue weighted by Crippen LogP contribution is 2.19. The molecular formula is C9H6ClIN2O. The van der Waals surface area contributed by atoms with E-state index in [-0.39, 0.29) is 5.78 Å². The van der Waals surface area contributed by atoms with Gasteiger partial charge in [-0.1, -0.05) is 11.6 Å². The van der Waals surface area contributed by atoms with E-state index in [0.717, 1.165) is 9.22 Å². The van der Waals surface area contributed by atoms with Crippen LogP contribution in [0.25, 0.3) is 5.65 Å². The van der Waals surface area contributed by atoms with Crippen LogP contribution in [-0.4, -0.2) is 15.2 Å². The summed E-state index contributed by atoms with van der Waals surface area (Å²) in [7, 11) is 0. The lowest BCUT2D eigenvalue weighted by Crippen LogP contribution is -1.98. The highest BCUT2D eigenvalue weighted by molar-refractivity contribution is 14.1. The van der Waals surface area contributed by atoms with Crippen molar-refractivity contribution < 1.29 is 4.79 Å². The third-order valence-corrected chi connectivity index (χ3v) is 2.89. The maximum atomic E-state index is 11.2. The van der Waals surface area contributed by atoms with E-state index in [0.29, 0.717) is 10.7 Å². The molecule has 0 aliphatic carbocycles. The molecule has 0 aliphatic heterocycles. The summed E-state index contributed by atoms with van der Waals surface area (Å²) in [6.45, 7) is 1.51. The van der Waals surface area contributed by atoms with E-state index in [1.165, 1.54) is 6.92 Å². The van der Waals surface area contributed by atoms with Gasteiger partial charge in [0.2, 0.25) is 0 Å². The molecule has 0 aliphatic rings. The fraction of sp³-hybridized carbons (Fsp3) is 0.111. The first-order valence-corrected chi connectivity index (χ1v) is 5.38. The Morgan fingerprint density at radius 2 is 2.36 bits per heavy atom. The first-order valence-electron chi connectivity index (χ1n) is 3.92. The summed E-state index contributed by atoms with van der Waals surface area (Å²) in [4.78, 5) is 15.4. The Hall–Kier alpha value is -0.620. The fourth-order valence-corrected chi connectivity index (χ4v) is 2.40. The van der Waals surface area contributed by atoms with Crippen LogP contribution in [0.3, 0.4) is 0 Å². The van der Waals surface area contributed by atoms with Crippen LogP contribution in [-0.2, 0) is 0 Å². The van der Waals surface area contributed by atoms with Crippen molar-refractivity contribution in [2.24, 2.45) is 0 Å². The number of carbonyl (C=O) groups is 1. The second-order valence-electron chi connectivity index (χ2n) is 2.90. The SMILES string of the molecule is CC(=O)c1cnc2c(I)cc(Cl)cn12. The minimum Gasteiger partial charge on any atom is -0.295 e. The van der Waals surface area contributed by atoms with E-state index in [4.69, 9.17) is 11.6 Å². The molecule has 2 heterocycles. The van der Waals surface area contributed by atoms with Gasteiger partial charge in [-0.2, -0.15) is 0 Å². The predicted molar refractivity (Wildman–Crippen MR) is 62.9 cm³/mol. The van der Waals surface area contributed by atoms with Gasteiger partial charge in [-0.25, -0.2) is 4.98 Å². The van der Waals surface area contributed by atoms with Crippen molar-refractivity contribution in [3.8, 4) is 0 Å². The molecule has 0 fully saturated rings. The molecule has 0 saturated carbocycles. The van der Waals surface area contributed by atoms with Gasteiger partial charge in [-0.15, -0.1) is 0 Å². The smallest absolute Gasteiger partial charge is 0.178 e. The standard InChI is InChI=1S/C9H6ClIN2O/c1-5(14)8-3-12-9-7(11)2-6(10)4-13(8)9/h2-4H,1H3. The lowest BCUT2D eigenvalue weighted by Gasteiger charge is -2.00. The molecule has 0 amide bonds. The molecule has 3 nitrogen and oxygen atoms in total. The van der Waals surface area contributed by atoms with Gasteiger partial charge >= 0.3 is 0 Å². The molecule has 5 heteroatoms. The number of fused-ring (bicyclic) bond motifs is 1. The Kier molecular flexibility index (Phi) is 2.48. The Morgan fingerprint density at radius 1 is 1.64 bits per heavy atom. The van der Waals surface area contributed by atoms with E-state index in [9.17, 15) is 4.79 Å². The molecule has 0 saturated heterocycles. The molecule has 2 rings (SSSR count). The summed E-state index contributed by atoms with van der Waals surface area (Å²) < 4.78 is 2.65. The minimum atomic E-state index is -0.0180. The number of hydrogen-bond donors (Lipinski definition) is 0. The second-order valence-corrected chi connectivity index (χ2v) is 4.50.